The summed E-state index contributed by atoms with van der Waals surface area (Å²) in [5.74, 6) is 0.555. The van der Waals surface area contributed by atoms with Crippen molar-refractivity contribution in [2.24, 2.45) is 0 Å². The van der Waals surface area contributed by atoms with Crippen molar-refractivity contribution in [1.29, 1.82) is 0 Å². The number of aromatic nitrogens is 3. The predicted molar refractivity (Wildman–Crippen MR) is 63.9 cm³/mol. The Morgan fingerprint density at radius 2 is 2.24 bits per heavy atom. The SMILES string of the molecule is O=C(NCCc1ncn[nH]1)c1ccccc1Cl. The molecule has 0 atom stereocenters. The third-order valence-electron chi connectivity index (χ3n) is 2.23. The minimum Gasteiger partial charge on any atom is -0.352 e. The molecule has 0 radical (unpaired) electrons. The number of aromatic amines is 1. The number of amides is 1. The van der Waals surface area contributed by atoms with Crippen molar-refractivity contribution in [3.05, 3.63) is 47.0 Å². The van der Waals surface area contributed by atoms with E-state index >= 15 is 0 Å². The molecular formula is C11H11ClN4O. The predicted octanol–water partition coefficient (Wildman–Crippen LogP) is 1.43. The molecule has 6 heteroatoms. The highest BCUT2D eigenvalue weighted by Crippen LogP contribution is 2.14. The van der Waals surface area contributed by atoms with Crippen LogP contribution in [0.3, 0.4) is 0 Å². The highest BCUT2D eigenvalue weighted by Gasteiger charge is 2.08. The van der Waals surface area contributed by atoms with Gasteiger partial charge in [0, 0.05) is 13.0 Å². The second-order valence-corrected chi connectivity index (χ2v) is 3.83. The lowest BCUT2D eigenvalue weighted by Gasteiger charge is -2.05. The van der Waals surface area contributed by atoms with Crippen LogP contribution in [0.15, 0.2) is 30.6 Å². The lowest BCUT2D eigenvalue weighted by molar-refractivity contribution is 0.0954. The van der Waals surface area contributed by atoms with Crippen molar-refractivity contribution in [3.8, 4) is 0 Å². The summed E-state index contributed by atoms with van der Waals surface area (Å²) in [7, 11) is 0. The first kappa shape index (κ1) is 11.6. The van der Waals surface area contributed by atoms with Crippen molar-refractivity contribution >= 4 is 17.5 Å². The number of H-pyrrole nitrogens is 1. The second kappa shape index (κ2) is 5.45. The molecule has 1 heterocycles. The van der Waals surface area contributed by atoms with E-state index in [0.717, 1.165) is 5.82 Å². The molecule has 2 aromatic rings. The van der Waals surface area contributed by atoms with Gasteiger partial charge in [-0.25, -0.2) is 4.98 Å². The van der Waals surface area contributed by atoms with Crippen molar-refractivity contribution in [2.45, 2.75) is 6.42 Å². The summed E-state index contributed by atoms with van der Waals surface area (Å²) in [5, 5.41) is 9.66. The second-order valence-electron chi connectivity index (χ2n) is 3.42. The molecule has 2 N–H and O–H groups in total. The van der Waals surface area contributed by atoms with E-state index in [0.29, 0.717) is 23.6 Å². The van der Waals surface area contributed by atoms with Gasteiger partial charge >= 0.3 is 0 Å². The van der Waals surface area contributed by atoms with Crippen molar-refractivity contribution in [3.63, 3.8) is 0 Å². The Morgan fingerprint density at radius 3 is 2.94 bits per heavy atom. The van der Waals surface area contributed by atoms with Crippen LogP contribution in [0.2, 0.25) is 5.02 Å². The summed E-state index contributed by atoms with van der Waals surface area (Å²) in [6.45, 7) is 0.485. The molecule has 0 bridgehead atoms. The van der Waals surface area contributed by atoms with Crippen LogP contribution < -0.4 is 5.32 Å². The topological polar surface area (TPSA) is 70.7 Å². The third kappa shape index (κ3) is 3.04. The zero-order valence-electron chi connectivity index (χ0n) is 8.98. The molecule has 1 amide bonds. The third-order valence-corrected chi connectivity index (χ3v) is 2.56. The molecule has 1 aromatic heterocycles. The van der Waals surface area contributed by atoms with Gasteiger partial charge in [0.1, 0.15) is 12.2 Å². The Bertz CT molecular complexity index is 498. The summed E-state index contributed by atoms with van der Waals surface area (Å²) in [5.41, 5.74) is 0.478. The van der Waals surface area contributed by atoms with E-state index in [4.69, 9.17) is 11.6 Å². The smallest absolute Gasteiger partial charge is 0.252 e. The number of rotatable bonds is 4. The number of halogens is 1. The molecule has 0 saturated carbocycles. The van der Waals surface area contributed by atoms with Crippen LogP contribution in [-0.4, -0.2) is 27.6 Å². The minimum atomic E-state index is -0.185. The Kier molecular flexibility index (Phi) is 3.72. The summed E-state index contributed by atoms with van der Waals surface area (Å²) in [6.07, 6.45) is 2.04. The number of nitrogens with one attached hydrogen (secondary N) is 2. The zero-order valence-corrected chi connectivity index (χ0v) is 9.74. The number of hydrogen-bond acceptors (Lipinski definition) is 3. The first-order chi connectivity index (χ1) is 8.27. The van der Waals surface area contributed by atoms with Crippen molar-refractivity contribution in [1.82, 2.24) is 20.5 Å². The minimum absolute atomic E-state index is 0.185. The van der Waals surface area contributed by atoms with E-state index in [-0.39, 0.29) is 5.91 Å². The van der Waals surface area contributed by atoms with Crippen LogP contribution in [0.25, 0.3) is 0 Å². The Balaban J connectivity index is 1.88. The maximum absolute atomic E-state index is 11.8. The molecule has 0 saturated heterocycles. The quantitative estimate of drug-likeness (QED) is 0.862. The standard InChI is InChI=1S/C11H11ClN4O/c12-9-4-2-1-3-8(9)11(17)13-6-5-10-14-7-15-16-10/h1-4,7H,5-6H2,(H,13,17)(H,14,15,16). The molecule has 0 unspecified atom stereocenters. The Labute approximate surface area is 103 Å². The number of benzene rings is 1. The number of carbonyl (C=O) groups excluding carboxylic acids is 1. The summed E-state index contributed by atoms with van der Waals surface area (Å²) < 4.78 is 0. The van der Waals surface area contributed by atoms with Gasteiger partial charge in [-0.3, -0.25) is 9.89 Å². The fourth-order valence-corrected chi connectivity index (χ4v) is 1.61. The molecule has 0 aliphatic rings. The lowest BCUT2D eigenvalue weighted by atomic mass is 10.2. The number of hydrogen-bond donors (Lipinski definition) is 2. The Morgan fingerprint density at radius 1 is 1.41 bits per heavy atom. The fourth-order valence-electron chi connectivity index (χ4n) is 1.39. The molecule has 0 aliphatic carbocycles. The maximum Gasteiger partial charge on any atom is 0.252 e. The molecule has 1 aromatic carbocycles. The molecule has 5 nitrogen and oxygen atoms in total. The highest BCUT2D eigenvalue weighted by atomic mass is 35.5. The van der Waals surface area contributed by atoms with Crippen LogP contribution in [0.4, 0.5) is 0 Å². The van der Waals surface area contributed by atoms with E-state index in [1.165, 1.54) is 6.33 Å². The average molecular weight is 251 g/mol. The van der Waals surface area contributed by atoms with Gasteiger partial charge in [-0.1, -0.05) is 23.7 Å². The van der Waals surface area contributed by atoms with Gasteiger partial charge in [0.2, 0.25) is 0 Å². The van der Waals surface area contributed by atoms with Crippen LogP contribution in [-0.2, 0) is 6.42 Å². The normalized spacial score (nSPS) is 10.2. The first-order valence-corrected chi connectivity index (χ1v) is 5.52. The van der Waals surface area contributed by atoms with Crippen LogP contribution in [0.1, 0.15) is 16.2 Å². The monoisotopic (exact) mass is 250 g/mol. The van der Waals surface area contributed by atoms with Crippen molar-refractivity contribution in [2.75, 3.05) is 6.54 Å². The lowest BCUT2D eigenvalue weighted by Crippen LogP contribution is -2.26. The molecule has 0 spiro atoms. The van der Waals surface area contributed by atoms with Gasteiger partial charge in [-0.2, -0.15) is 5.10 Å². The van der Waals surface area contributed by atoms with E-state index in [1.54, 1.807) is 24.3 Å². The van der Waals surface area contributed by atoms with Crippen LogP contribution in [0, 0.1) is 0 Å². The van der Waals surface area contributed by atoms with Gasteiger partial charge in [0.15, 0.2) is 0 Å². The van der Waals surface area contributed by atoms with Gasteiger partial charge in [0.25, 0.3) is 5.91 Å². The van der Waals surface area contributed by atoms with Gasteiger partial charge < -0.3 is 5.32 Å². The zero-order chi connectivity index (χ0) is 12.1. The largest absolute Gasteiger partial charge is 0.352 e. The van der Waals surface area contributed by atoms with E-state index in [1.807, 2.05) is 0 Å². The average Bonchev–Trinajstić information content (AvgIpc) is 2.82. The van der Waals surface area contributed by atoms with E-state index in [2.05, 4.69) is 20.5 Å². The highest BCUT2D eigenvalue weighted by molar-refractivity contribution is 6.33. The summed E-state index contributed by atoms with van der Waals surface area (Å²) in [6, 6.07) is 6.93. The molecular weight excluding hydrogens is 240 g/mol. The van der Waals surface area contributed by atoms with Crippen LogP contribution in [0.5, 0.6) is 0 Å². The fraction of sp³-hybridized carbons (Fsp3) is 0.182. The molecule has 17 heavy (non-hydrogen) atoms. The number of carbonyl (C=O) groups is 1. The molecule has 0 aliphatic heterocycles. The van der Waals surface area contributed by atoms with E-state index in [9.17, 15) is 4.79 Å². The van der Waals surface area contributed by atoms with Gasteiger partial charge in [-0.05, 0) is 12.1 Å². The molecule has 2 rings (SSSR count). The molecule has 88 valence electrons. The summed E-state index contributed by atoms with van der Waals surface area (Å²) >= 11 is 5.91. The van der Waals surface area contributed by atoms with Gasteiger partial charge in [0.05, 0.1) is 10.6 Å². The Hall–Kier alpha value is -1.88. The first-order valence-electron chi connectivity index (χ1n) is 5.14. The van der Waals surface area contributed by atoms with Crippen molar-refractivity contribution < 1.29 is 4.79 Å². The van der Waals surface area contributed by atoms with Crippen LogP contribution >= 0.6 is 11.6 Å². The van der Waals surface area contributed by atoms with E-state index < -0.39 is 0 Å². The maximum atomic E-state index is 11.8. The molecule has 0 fully saturated rings. The summed E-state index contributed by atoms with van der Waals surface area (Å²) in [4.78, 5) is 15.7. The van der Waals surface area contributed by atoms with Gasteiger partial charge in [-0.15, -0.1) is 0 Å². The number of nitrogens with zero attached hydrogens (tertiary/aromatic N) is 2.